The summed E-state index contributed by atoms with van der Waals surface area (Å²) in [6.07, 6.45) is -3.99. The second-order valence-electron chi connectivity index (χ2n) is 5.36. The van der Waals surface area contributed by atoms with Gasteiger partial charge in [0.1, 0.15) is 12.4 Å². The van der Waals surface area contributed by atoms with Gasteiger partial charge in [-0.25, -0.2) is 0 Å². The highest BCUT2D eigenvalue weighted by molar-refractivity contribution is 5.71. The maximum Gasteiger partial charge on any atom is 0.416 e. The fraction of sp³-hybridized carbons (Fsp3) is 0.294. The third-order valence-corrected chi connectivity index (χ3v) is 3.84. The molecule has 122 valence electrons. The lowest BCUT2D eigenvalue weighted by molar-refractivity contribution is -0.137. The Kier molecular flexibility index (Phi) is 4.17. The highest BCUT2D eigenvalue weighted by Crippen LogP contribution is 2.41. The lowest BCUT2D eigenvalue weighted by Crippen LogP contribution is -2.40. The van der Waals surface area contributed by atoms with Gasteiger partial charge in [-0.05, 0) is 36.8 Å². The van der Waals surface area contributed by atoms with E-state index in [1.54, 1.807) is 18.2 Å². The third-order valence-electron chi connectivity index (χ3n) is 3.84. The highest BCUT2D eigenvalue weighted by Gasteiger charge is 2.33. The van der Waals surface area contributed by atoms with E-state index in [0.717, 1.165) is 12.1 Å². The molecule has 0 saturated carbocycles. The first-order valence-corrected chi connectivity index (χ1v) is 7.30. The van der Waals surface area contributed by atoms with Gasteiger partial charge in [0.2, 0.25) is 0 Å². The van der Waals surface area contributed by atoms with Gasteiger partial charge in [0, 0.05) is 12.3 Å². The van der Waals surface area contributed by atoms with E-state index in [1.807, 2.05) is 17.0 Å². The van der Waals surface area contributed by atoms with E-state index < -0.39 is 11.7 Å². The number of anilines is 2. The molecule has 1 atom stereocenters. The second-order valence-corrected chi connectivity index (χ2v) is 5.36. The Hall–Kier alpha value is -2.21. The van der Waals surface area contributed by atoms with Crippen molar-refractivity contribution in [2.45, 2.75) is 18.6 Å². The first kappa shape index (κ1) is 15.7. The van der Waals surface area contributed by atoms with Crippen molar-refractivity contribution in [1.29, 1.82) is 0 Å². The van der Waals surface area contributed by atoms with Crippen LogP contribution < -0.4 is 9.64 Å². The molecular weight excluding hydrogens is 307 g/mol. The Morgan fingerprint density at radius 3 is 2.65 bits per heavy atom. The van der Waals surface area contributed by atoms with Crippen LogP contribution in [0.1, 0.15) is 12.0 Å². The van der Waals surface area contributed by atoms with Crippen LogP contribution in [0.4, 0.5) is 24.5 Å². The Morgan fingerprint density at radius 2 is 1.91 bits per heavy atom. The molecular formula is C17H16F3NO2. The van der Waals surface area contributed by atoms with E-state index in [4.69, 9.17) is 4.74 Å². The zero-order valence-corrected chi connectivity index (χ0v) is 12.3. The van der Waals surface area contributed by atoms with Crippen LogP contribution in [0.15, 0.2) is 48.5 Å². The number of ether oxygens (including phenoxy) is 1. The summed E-state index contributed by atoms with van der Waals surface area (Å²) in [5, 5.41) is 9.25. The smallest absolute Gasteiger partial charge is 0.416 e. The molecule has 1 heterocycles. The second kappa shape index (κ2) is 6.12. The molecule has 3 rings (SSSR count). The van der Waals surface area contributed by atoms with Crippen molar-refractivity contribution in [2.75, 3.05) is 18.1 Å². The van der Waals surface area contributed by atoms with Crippen LogP contribution in [0.25, 0.3) is 0 Å². The van der Waals surface area contributed by atoms with E-state index in [-0.39, 0.29) is 12.6 Å². The van der Waals surface area contributed by atoms with Crippen molar-refractivity contribution in [2.24, 2.45) is 0 Å². The predicted octanol–water partition coefficient (Wildman–Crippen LogP) is 3.99. The average Bonchev–Trinajstić information content (AvgIpc) is 2.54. The SMILES string of the molecule is OCCC1COc2ccccc2N1c1cccc(C(F)(F)F)c1. The van der Waals surface area contributed by atoms with Gasteiger partial charge in [0.25, 0.3) is 0 Å². The van der Waals surface area contributed by atoms with Gasteiger partial charge in [0.15, 0.2) is 0 Å². The summed E-state index contributed by atoms with van der Waals surface area (Å²) >= 11 is 0. The molecule has 0 aliphatic carbocycles. The summed E-state index contributed by atoms with van der Waals surface area (Å²) in [5.74, 6) is 0.624. The molecule has 6 heteroatoms. The summed E-state index contributed by atoms with van der Waals surface area (Å²) in [4.78, 5) is 1.81. The molecule has 0 fully saturated rings. The van der Waals surface area contributed by atoms with Crippen molar-refractivity contribution < 1.29 is 23.0 Å². The van der Waals surface area contributed by atoms with Crippen molar-refractivity contribution in [3.63, 3.8) is 0 Å². The number of para-hydroxylation sites is 2. The van der Waals surface area contributed by atoms with Gasteiger partial charge in [-0.3, -0.25) is 0 Å². The van der Waals surface area contributed by atoms with Gasteiger partial charge >= 0.3 is 6.18 Å². The molecule has 0 amide bonds. The number of halogens is 3. The third kappa shape index (κ3) is 3.12. The number of hydrogen-bond acceptors (Lipinski definition) is 3. The monoisotopic (exact) mass is 323 g/mol. The van der Waals surface area contributed by atoms with Crippen LogP contribution >= 0.6 is 0 Å². The van der Waals surface area contributed by atoms with Crippen LogP contribution in [-0.2, 0) is 6.18 Å². The van der Waals surface area contributed by atoms with Crippen molar-refractivity contribution in [1.82, 2.24) is 0 Å². The molecule has 2 aromatic rings. The molecule has 1 N–H and O–H groups in total. The molecule has 0 aromatic heterocycles. The first-order valence-electron chi connectivity index (χ1n) is 7.30. The lowest BCUT2D eigenvalue weighted by atomic mass is 10.1. The fourth-order valence-electron chi connectivity index (χ4n) is 2.78. The average molecular weight is 323 g/mol. The number of hydrogen-bond donors (Lipinski definition) is 1. The number of aliphatic hydroxyl groups excluding tert-OH is 1. The molecule has 1 unspecified atom stereocenters. The number of nitrogens with zero attached hydrogens (tertiary/aromatic N) is 1. The maximum atomic E-state index is 13.0. The molecule has 1 aliphatic rings. The van der Waals surface area contributed by atoms with Crippen molar-refractivity contribution >= 4 is 11.4 Å². The zero-order chi connectivity index (χ0) is 16.4. The quantitative estimate of drug-likeness (QED) is 0.927. The van der Waals surface area contributed by atoms with Gasteiger partial charge in [-0.1, -0.05) is 18.2 Å². The Balaban J connectivity index is 2.07. The zero-order valence-electron chi connectivity index (χ0n) is 12.3. The minimum absolute atomic E-state index is 0.0638. The summed E-state index contributed by atoms with van der Waals surface area (Å²) in [6, 6.07) is 12.2. The van der Waals surface area contributed by atoms with Gasteiger partial charge in [-0.15, -0.1) is 0 Å². The Bertz CT molecular complexity index is 688. The van der Waals surface area contributed by atoms with E-state index in [1.165, 1.54) is 6.07 Å². The van der Waals surface area contributed by atoms with Crippen LogP contribution in [0.3, 0.4) is 0 Å². The normalized spacial score (nSPS) is 17.6. The summed E-state index contributed by atoms with van der Waals surface area (Å²) in [6.45, 7) is 0.249. The molecule has 0 saturated heterocycles. The van der Waals surface area contributed by atoms with Crippen LogP contribution in [0.5, 0.6) is 5.75 Å². The first-order chi connectivity index (χ1) is 11.0. The number of aliphatic hydroxyl groups is 1. The molecule has 0 spiro atoms. The lowest BCUT2D eigenvalue weighted by Gasteiger charge is -2.38. The number of alkyl halides is 3. The highest BCUT2D eigenvalue weighted by atomic mass is 19.4. The molecule has 3 nitrogen and oxygen atoms in total. The summed E-state index contributed by atoms with van der Waals surface area (Å²) < 4.78 is 44.6. The molecule has 0 radical (unpaired) electrons. The predicted molar refractivity (Wildman–Crippen MR) is 81.0 cm³/mol. The number of rotatable bonds is 3. The number of fused-ring (bicyclic) bond motifs is 1. The topological polar surface area (TPSA) is 32.7 Å². The molecule has 2 aromatic carbocycles. The number of benzene rings is 2. The van der Waals surface area contributed by atoms with Gasteiger partial charge in [0.05, 0.1) is 17.3 Å². The summed E-state index contributed by atoms with van der Waals surface area (Å²) in [5.41, 5.74) is 0.451. The van der Waals surface area contributed by atoms with Crippen molar-refractivity contribution in [3.8, 4) is 5.75 Å². The summed E-state index contributed by atoms with van der Waals surface area (Å²) in [7, 11) is 0. The van der Waals surface area contributed by atoms with Gasteiger partial charge in [-0.2, -0.15) is 13.2 Å². The standard InChI is InChI=1S/C17H16F3NO2/c18-17(19,20)12-4-3-5-13(10-12)21-14(8-9-22)11-23-16-7-2-1-6-15(16)21/h1-7,10,14,22H,8-9,11H2. The Labute approximate surface area is 131 Å². The molecule has 23 heavy (non-hydrogen) atoms. The van der Waals surface area contributed by atoms with E-state index >= 15 is 0 Å². The Morgan fingerprint density at radius 1 is 1.13 bits per heavy atom. The van der Waals surface area contributed by atoms with Crippen LogP contribution in [0.2, 0.25) is 0 Å². The largest absolute Gasteiger partial charge is 0.489 e. The van der Waals surface area contributed by atoms with Gasteiger partial charge < -0.3 is 14.7 Å². The van der Waals surface area contributed by atoms with E-state index in [9.17, 15) is 18.3 Å². The fourth-order valence-corrected chi connectivity index (χ4v) is 2.78. The van der Waals surface area contributed by atoms with Crippen LogP contribution in [-0.4, -0.2) is 24.4 Å². The van der Waals surface area contributed by atoms with E-state index in [2.05, 4.69) is 0 Å². The minimum Gasteiger partial charge on any atom is -0.489 e. The van der Waals surface area contributed by atoms with Crippen molar-refractivity contribution in [3.05, 3.63) is 54.1 Å². The molecule has 0 bridgehead atoms. The van der Waals surface area contributed by atoms with Crippen LogP contribution in [0, 0.1) is 0 Å². The molecule has 1 aliphatic heterocycles. The van der Waals surface area contributed by atoms with E-state index in [0.29, 0.717) is 30.2 Å². The minimum atomic E-state index is -4.39. The maximum absolute atomic E-state index is 13.0.